The van der Waals surface area contributed by atoms with Crippen LogP contribution in [0.15, 0.2) is 78.0 Å². The van der Waals surface area contributed by atoms with Gasteiger partial charge in [-0.15, -0.1) is 10.2 Å². The van der Waals surface area contributed by atoms with Crippen molar-refractivity contribution in [1.29, 1.82) is 0 Å². The molecule has 1 aromatic heterocycles. The Balaban J connectivity index is 1.50. The summed E-state index contributed by atoms with van der Waals surface area (Å²) in [6, 6.07) is 23.9. The number of aryl methyl sites for hydroxylation is 2. The number of carbonyl (C=O) groups is 1. The summed E-state index contributed by atoms with van der Waals surface area (Å²) in [6.45, 7) is 4.68. The second-order valence-electron chi connectivity index (χ2n) is 8.15. The number of aromatic nitrogens is 3. The van der Waals surface area contributed by atoms with Crippen molar-refractivity contribution >= 4 is 29.0 Å². The third-order valence-corrected chi connectivity index (χ3v) is 6.78. The van der Waals surface area contributed by atoms with Crippen molar-refractivity contribution in [3.63, 3.8) is 0 Å². The Morgan fingerprint density at radius 2 is 1.61 bits per heavy atom. The van der Waals surface area contributed by atoms with E-state index in [9.17, 15) is 4.79 Å². The summed E-state index contributed by atoms with van der Waals surface area (Å²) in [4.78, 5) is 12.9. The van der Waals surface area contributed by atoms with Gasteiger partial charge in [0.05, 0.1) is 19.4 Å². The van der Waals surface area contributed by atoms with Crippen LogP contribution in [0, 0.1) is 0 Å². The number of methoxy groups -OCH3 is 1. The number of amides is 1. The molecule has 4 aromatic rings. The molecule has 4 rings (SSSR count). The Morgan fingerprint density at radius 3 is 2.25 bits per heavy atom. The fourth-order valence-electron chi connectivity index (χ4n) is 3.94. The van der Waals surface area contributed by atoms with Crippen molar-refractivity contribution in [3.8, 4) is 11.4 Å². The quantitative estimate of drug-likeness (QED) is 0.255. The van der Waals surface area contributed by atoms with Crippen molar-refractivity contribution in [2.45, 2.75) is 38.4 Å². The van der Waals surface area contributed by atoms with Gasteiger partial charge < -0.3 is 15.4 Å². The molecule has 1 heterocycles. The first-order chi connectivity index (χ1) is 17.6. The Labute approximate surface area is 216 Å². The van der Waals surface area contributed by atoms with E-state index in [2.05, 4.69) is 46.8 Å². The number of nitrogens with one attached hydrogen (secondary N) is 2. The SMILES string of the molecule is CCc1cccc(CC)c1NC(=O)CSc1nnc(CNc2ccc(OC)cc2)n1-c1ccccc1. The van der Waals surface area contributed by atoms with Crippen LogP contribution in [0.1, 0.15) is 30.8 Å². The number of thioether (sulfide) groups is 1. The first kappa shape index (κ1) is 25.3. The minimum Gasteiger partial charge on any atom is -0.497 e. The number of ether oxygens (including phenoxy) is 1. The Bertz CT molecular complexity index is 1270. The highest BCUT2D eigenvalue weighted by atomic mass is 32.2. The van der Waals surface area contributed by atoms with Crippen LogP contribution in [-0.2, 0) is 24.2 Å². The molecule has 0 saturated carbocycles. The van der Waals surface area contributed by atoms with Crippen LogP contribution in [-0.4, -0.2) is 33.5 Å². The van der Waals surface area contributed by atoms with Gasteiger partial charge in [0.2, 0.25) is 5.91 Å². The Morgan fingerprint density at radius 1 is 0.917 bits per heavy atom. The topological polar surface area (TPSA) is 81.1 Å². The minimum atomic E-state index is -0.0591. The lowest BCUT2D eigenvalue weighted by molar-refractivity contribution is -0.113. The second-order valence-corrected chi connectivity index (χ2v) is 9.09. The molecule has 3 aromatic carbocycles. The van der Waals surface area contributed by atoms with Gasteiger partial charge in [-0.3, -0.25) is 9.36 Å². The molecule has 0 radical (unpaired) electrons. The summed E-state index contributed by atoms with van der Waals surface area (Å²) in [5.74, 6) is 1.73. The highest BCUT2D eigenvalue weighted by Gasteiger charge is 2.17. The van der Waals surface area contributed by atoms with E-state index in [1.54, 1.807) is 7.11 Å². The maximum absolute atomic E-state index is 12.9. The normalized spacial score (nSPS) is 10.8. The van der Waals surface area contributed by atoms with Crippen molar-refractivity contribution in [2.24, 2.45) is 0 Å². The molecule has 0 saturated heterocycles. The summed E-state index contributed by atoms with van der Waals surface area (Å²) in [7, 11) is 1.65. The lowest BCUT2D eigenvalue weighted by Gasteiger charge is -2.14. The zero-order chi connectivity index (χ0) is 25.3. The molecule has 2 N–H and O–H groups in total. The van der Waals surface area contributed by atoms with Crippen LogP contribution >= 0.6 is 11.8 Å². The molecule has 0 aliphatic heterocycles. The van der Waals surface area contributed by atoms with E-state index < -0.39 is 0 Å². The third-order valence-electron chi connectivity index (χ3n) is 5.85. The number of hydrogen-bond donors (Lipinski definition) is 2. The number of benzene rings is 3. The molecule has 186 valence electrons. The van der Waals surface area contributed by atoms with Gasteiger partial charge >= 0.3 is 0 Å². The average Bonchev–Trinajstić information content (AvgIpc) is 3.34. The van der Waals surface area contributed by atoms with Gasteiger partial charge in [0, 0.05) is 17.1 Å². The maximum Gasteiger partial charge on any atom is 0.234 e. The van der Waals surface area contributed by atoms with Gasteiger partial charge in [-0.25, -0.2) is 0 Å². The molecule has 36 heavy (non-hydrogen) atoms. The average molecular weight is 502 g/mol. The molecule has 0 aliphatic carbocycles. The van der Waals surface area contributed by atoms with E-state index in [1.807, 2.05) is 65.2 Å². The maximum atomic E-state index is 12.9. The predicted molar refractivity (Wildman–Crippen MR) is 146 cm³/mol. The van der Waals surface area contributed by atoms with E-state index in [0.29, 0.717) is 11.7 Å². The molecule has 8 heteroatoms. The lowest BCUT2D eigenvalue weighted by Crippen LogP contribution is -2.17. The second kappa shape index (κ2) is 12.3. The van der Waals surface area contributed by atoms with Crippen molar-refractivity contribution in [2.75, 3.05) is 23.5 Å². The molecular weight excluding hydrogens is 470 g/mol. The highest BCUT2D eigenvalue weighted by Crippen LogP contribution is 2.26. The van der Waals surface area contributed by atoms with Gasteiger partial charge in [-0.1, -0.05) is 62.0 Å². The minimum absolute atomic E-state index is 0.0591. The fraction of sp³-hybridized carbons (Fsp3) is 0.250. The largest absolute Gasteiger partial charge is 0.497 e. The van der Waals surface area contributed by atoms with Crippen LogP contribution in [0.3, 0.4) is 0 Å². The number of carbonyl (C=O) groups excluding carboxylic acids is 1. The molecule has 0 atom stereocenters. The van der Waals surface area contributed by atoms with Crippen LogP contribution in [0.2, 0.25) is 0 Å². The van der Waals surface area contributed by atoms with E-state index >= 15 is 0 Å². The van der Waals surface area contributed by atoms with Crippen molar-refractivity contribution in [3.05, 3.63) is 89.7 Å². The van der Waals surface area contributed by atoms with Crippen LogP contribution in [0.4, 0.5) is 11.4 Å². The van der Waals surface area contributed by atoms with E-state index in [4.69, 9.17) is 4.74 Å². The number of para-hydroxylation sites is 2. The van der Waals surface area contributed by atoms with E-state index in [0.717, 1.165) is 52.6 Å². The number of rotatable bonds is 11. The number of nitrogens with zero attached hydrogens (tertiary/aromatic N) is 3. The number of anilines is 2. The summed E-state index contributed by atoms with van der Waals surface area (Å²) < 4.78 is 7.22. The molecule has 0 bridgehead atoms. The zero-order valence-corrected chi connectivity index (χ0v) is 21.6. The smallest absolute Gasteiger partial charge is 0.234 e. The van der Waals surface area contributed by atoms with Crippen molar-refractivity contribution in [1.82, 2.24) is 14.8 Å². The molecule has 1 amide bonds. The highest BCUT2D eigenvalue weighted by molar-refractivity contribution is 7.99. The molecular formula is C28H31N5O2S. The molecule has 0 fully saturated rings. The first-order valence-electron chi connectivity index (χ1n) is 12.0. The molecule has 7 nitrogen and oxygen atoms in total. The van der Waals surface area contributed by atoms with Gasteiger partial charge in [0.1, 0.15) is 5.75 Å². The van der Waals surface area contributed by atoms with Crippen LogP contribution < -0.4 is 15.4 Å². The Kier molecular flexibility index (Phi) is 8.62. The summed E-state index contributed by atoms with van der Waals surface area (Å²) in [5.41, 5.74) is 5.12. The fourth-order valence-corrected chi connectivity index (χ4v) is 4.71. The van der Waals surface area contributed by atoms with Gasteiger partial charge in [0.15, 0.2) is 11.0 Å². The summed E-state index contributed by atoms with van der Waals surface area (Å²) in [6.07, 6.45) is 1.73. The van der Waals surface area contributed by atoms with Gasteiger partial charge in [-0.2, -0.15) is 0 Å². The monoisotopic (exact) mass is 501 g/mol. The lowest BCUT2D eigenvalue weighted by atomic mass is 10.0. The van der Waals surface area contributed by atoms with E-state index in [-0.39, 0.29) is 11.7 Å². The summed E-state index contributed by atoms with van der Waals surface area (Å²) in [5, 5.41) is 16.0. The third kappa shape index (κ3) is 6.07. The molecule has 0 unspecified atom stereocenters. The van der Waals surface area contributed by atoms with E-state index in [1.165, 1.54) is 11.8 Å². The Hall–Kier alpha value is -3.78. The summed E-state index contributed by atoms with van der Waals surface area (Å²) >= 11 is 1.38. The van der Waals surface area contributed by atoms with Gasteiger partial charge in [-0.05, 0) is 60.4 Å². The van der Waals surface area contributed by atoms with Crippen LogP contribution in [0.5, 0.6) is 5.75 Å². The zero-order valence-electron chi connectivity index (χ0n) is 20.8. The molecule has 0 aliphatic rings. The van der Waals surface area contributed by atoms with Crippen LogP contribution in [0.25, 0.3) is 5.69 Å². The predicted octanol–water partition coefficient (Wildman–Crippen LogP) is 5.74. The van der Waals surface area contributed by atoms with Crippen molar-refractivity contribution < 1.29 is 9.53 Å². The van der Waals surface area contributed by atoms with Gasteiger partial charge in [0.25, 0.3) is 0 Å². The number of hydrogen-bond acceptors (Lipinski definition) is 6. The first-order valence-corrected chi connectivity index (χ1v) is 13.0. The molecule has 0 spiro atoms. The standard InChI is InChI=1S/C28H31N5O2S/c1-4-20-10-9-11-21(5-2)27(20)30-26(34)19-36-28-32-31-25(33(28)23-12-7-6-8-13-23)18-29-22-14-16-24(35-3)17-15-22/h6-17,29H,4-5,18-19H2,1-3H3,(H,30,34).